The highest BCUT2D eigenvalue weighted by Gasteiger charge is 2.31. The summed E-state index contributed by atoms with van der Waals surface area (Å²) < 4.78 is 44.7. The molecule has 6 rings (SSSR count). The number of amides is 3. The van der Waals surface area contributed by atoms with Crippen molar-refractivity contribution in [3.8, 4) is 0 Å². The molecule has 1 atom stereocenters. The molecule has 0 saturated carbocycles. The Morgan fingerprint density at radius 3 is 2.45 bits per heavy atom. The van der Waals surface area contributed by atoms with E-state index in [1.807, 2.05) is 24.3 Å². The molecular weight excluding hydrogens is 709 g/mol. The van der Waals surface area contributed by atoms with Crippen LogP contribution in [0, 0.1) is 5.92 Å². The number of benzene rings is 3. The van der Waals surface area contributed by atoms with Gasteiger partial charge in [-0.1, -0.05) is 24.3 Å². The summed E-state index contributed by atoms with van der Waals surface area (Å²) in [6, 6.07) is 18.7. The maximum Gasteiger partial charge on any atom is 0.416 e. The first-order valence-electron chi connectivity index (χ1n) is 19.1. The van der Waals surface area contributed by atoms with Crippen LogP contribution < -0.4 is 20.9 Å². The molecule has 2 saturated heterocycles. The van der Waals surface area contributed by atoms with Crippen LogP contribution in [0.2, 0.25) is 0 Å². The average Bonchev–Trinajstić information content (AvgIpc) is 3.22. The highest BCUT2D eigenvalue weighted by molar-refractivity contribution is 6.16. The fourth-order valence-electron chi connectivity index (χ4n) is 7.31. The molecule has 3 N–H and O–H groups in total. The van der Waals surface area contributed by atoms with Crippen LogP contribution in [0.1, 0.15) is 71.1 Å². The number of piperidine rings is 2. The lowest BCUT2D eigenvalue weighted by molar-refractivity contribution is -0.137. The van der Waals surface area contributed by atoms with Crippen molar-refractivity contribution in [3.05, 3.63) is 106 Å². The van der Waals surface area contributed by atoms with Crippen LogP contribution in [0.25, 0.3) is 0 Å². The second-order valence-electron chi connectivity index (χ2n) is 14.3. The summed E-state index contributed by atoms with van der Waals surface area (Å²) in [7, 11) is 1.59. The maximum absolute atomic E-state index is 13.6. The predicted octanol–water partition coefficient (Wildman–Crippen LogP) is 6.36. The molecule has 0 aromatic heterocycles. The maximum atomic E-state index is 13.6. The van der Waals surface area contributed by atoms with Crippen molar-refractivity contribution in [2.45, 2.75) is 57.8 Å². The number of hydrogen-bond acceptors (Lipinski definition) is 7. The molecule has 3 amide bonds. The minimum atomic E-state index is -4.46. The molecule has 2 fully saturated rings. The number of ether oxygens (including phenoxy) is 1. The number of carbonyl (C=O) groups excluding carboxylic acids is 3. The summed E-state index contributed by atoms with van der Waals surface area (Å²) >= 11 is 0. The summed E-state index contributed by atoms with van der Waals surface area (Å²) in [5.41, 5.74) is 4.93. The normalized spacial score (nSPS) is 17.6. The van der Waals surface area contributed by atoms with Crippen LogP contribution in [0.3, 0.4) is 0 Å². The third-order valence-corrected chi connectivity index (χ3v) is 10.3. The second-order valence-corrected chi connectivity index (χ2v) is 14.3. The van der Waals surface area contributed by atoms with Crippen molar-refractivity contribution >= 4 is 34.8 Å². The van der Waals surface area contributed by atoms with Gasteiger partial charge in [0.15, 0.2) is 0 Å². The van der Waals surface area contributed by atoms with E-state index in [2.05, 4.69) is 33.0 Å². The van der Waals surface area contributed by atoms with Crippen molar-refractivity contribution in [1.82, 2.24) is 15.5 Å². The Kier molecular flexibility index (Phi) is 13.3. The van der Waals surface area contributed by atoms with Gasteiger partial charge in [-0.15, -0.1) is 0 Å². The molecule has 0 radical (unpaired) electrons. The Morgan fingerprint density at radius 1 is 0.891 bits per heavy atom. The summed E-state index contributed by atoms with van der Waals surface area (Å²) in [6.45, 7) is 4.51. The SMILES string of the molecule is COCCNC(=O)C1CCCN(C(=O)c2cccc(CNc3ccc(N4CCCCC4)cc3C3=NCCC(C(=O)NCc4cccc(C(F)(F)F)c4)=C3)c2)C1. The van der Waals surface area contributed by atoms with Crippen molar-refractivity contribution in [2.75, 3.05) is 63.2 Å². The number of halogens is 3. The number of rotatable bonds is 13. The van der Waals surface area contributed by atoms with E-state index in [4.69, 9.17) is 9.73 Å². The zero-order valence-corrected chi connectivity index (χ0v) is 31.2. The van der Waals surface area contributed by atoms with Crippen molar-refractivity contribution < 1.29 is 32.3 Å². The van der Waals surface area contributed by atoms with E-state index in [0.717, 1.165) is 73.4 Å². The van der Waals surface area contributed by atoms with E-state index in [1.54, 1.807) is 30.2 Å². The number of nitrogens with zero attached hydrogens (tertiary/aromatic N) is 3. The van der Waals surface area contributed by atoms with Gasteiger partial charge in [-0.25, -0.2) is 0 Å². The molecular formula is C42H49F3N6O4. The first-order chi connectivity index (χ1) is 26.6. The van der Waals surface area contributed by atoms with Crippen LogP contribution in [-0.4, -0.2) is 81.3 Å². The Labute approximate surface area is 320 Å². The molecule has 3 heterocycles. The first-order valence-corrected chi connectivity index (χ1v) is 19.1. The minimum Gasteiger partial charge on any atom is -0.383 e. The molecule has 0 spiro atoms. The summed E-state index contributed by atoms with van der Waals surface area (Å²) in [5, 5.41) is 9.23. The van der Waals surface area contributed by atoms with Gasteiger partial charge >= 0.3 is 6.18 Å². The number of methoxy groups -OCH3 is 1. The zero-order chi connectivity index (χ0) is 38.8. The smallest absolute Gasteiger partial charge is 0.383 e. The highest BCUT2D eigenvalue weighted by atomic mass is 19.4. The van der Waals surface area contributed by atoms with Crippen LogP contribution in [-0.2, 0) is 33.6 Å². The fourth-order valence-corrected chi connectivity index (χ4v) is 7.31. The summed E-state index contributed by atoms with van der Waals surface area (Å²) in [4.78, 5) is 48.6. The van der Waals surface area contributed by atoms with Gasteiger partial charge in [0, 0.05) is 87.5 Å². The number of alkyl halides is 3. The van der Waals surface area contributed by atoms with E-state index in [-0.39, 0.29) is 30.2 Å². The van der Waals surface area contributed by atoms with E-state index in [0.29, 0.717) is 68.2 Å². The van der Waals surface area contributed by atoms with E-state index < -0.39 is 11.7 Å². The minimum absolute atomic E-state index is 0.0338. The Bertz CT molecular complexity index is 1910. The molecule has 13 heteroatoms. The van der Waals surface area contributed by atoms with Gasteiger partial charge in [0.25, 0.3) is 5.91 Å². The lowest BCUT2D eigenvalue weighted by Crippen LogP contribution is -2.46. The molecule has 3 aromatic carbocycles. The van der Waals surface area contributed by atoms with Crippen LogP contribution in [0.15, 0.2) is 83.4 Å². The predicted molar refractivity (Wildman–Crippen MR) is 207 cm³/mol. The van der Waals surface area contributed by atoms with Crippen LogP contribution >= 0.6 is 0 Å². The second kappa shape index (κ2) is 18.4. The van der Waals surface area contributed by atoms with E-state index >= 15 is 0 Å². The van der Waals surface area contributed by atoms with Crippen molar-refractivity contribution in [3.63, 3.8) is 0 Å². The monoisotopic (exact) mass is 758 g/mol. The van der Waals surface area contributed by atoms with E-state index in [1.165, 1.54) is 12.5 Å². The standard InChI is InChI=1S/C42H49F3N6O4/c1-55-21-17-47-40(53)33-11-7-20-51(28-33)41(54)32-10-5-8-29(22-32)26-48-37-14-13-35(50-18-3-2-4-19-50)25-36(37)38-24-31(15-16-46-38)39(52)49-27-30-9-6-12-34(23-30)42(43,44)45/h5-6,8-10,12-14,22-25,33,48H,2-4,7,11,15-21,26-28H2,1H3,(H,47,53)(H,49,52). The molecule has 10 nitrogen and oxygen atoms in total. The van der Waals surface area contributed by atoms with Crippen molar-refractivity contribution in [1.29, 1.82) is 0 Å². The summed E-state index contributed by atoms with van der Waals surface area (Å²) in [5.74, 6) is -0.776. The Morgan fingerprint density at radius 2 is 1.67 bits per heavy atom. The number of nitrogens with one attached hydrogen (secondary N) is 3. The number of anilines is 2. The molecule has 0 bridgehead atoms. The van der Waals surface area contributed by atoms with Gasteiger partial charge in [-0.3, -0.25) is 19.4 Å². The number of dihydropyridines is 1. The van der Waals surface area contributed by atoms with Crippen LogP contribution in [0.5, 0.6) is 0 Å². The lowest BCUT2D eigenvalue weighted by Gasteiger charge is -2.32. The first kappa shape index (κ1) is 39.5. The van der Waals surface area contributed by atoms with Crippen LogP contribution in [0.4, 0.5) is 24.5 Å². The molecule has 55 heavy (non-hydrogen) atoms. The molecule has 0 aliphatic carbocycles. The third kappa shape index (κ3) is 10.5. The molecule has 3 aliphatic rings. The Hall–Kier alpha value is -5.17. The number of allylic oxidation sites excluding steroid dienone is 1. The van der Waals surface area contributed by atoms with E-state index in [9.17, 15) is 27.6 Å². The quantitative estimate of drug-likeness (QED) is 0.175. The fraction of sp³-hybridized carbons (Fsp3) is 0.429. The number of carbonyl (C=O) groups is 3. The molecule has 3 aliphatic heterocycles. The van der Waals surface area contributed by atoms with Gasteiger partial charge in [-0.2, -0.15) is 13.2 Å². The topological polar surface area (TPSA) is 115 Å². The third-order valence-electron chi connectivity index (χ3n) is 10.3. The highest BCUT2D eigenvalue weighted by Crippen LogP contribution is 2.31. The van der Waals surface area contributed by atoms with Crippen molar-refractivity contribution in [2.24, 2.45) is 10.9 Å². The molecule has 1 unspecified atom stereocenters. The molecule has 292 valence electrons. The van der Waals surface area contributed by atoms with Gasteiger partial charge < -0.3 is 30.5 Å². The number of aliphatic imine (C=N–C) groups is 1. The van der Waals surface area contributed by atoms with Gasteiger partial charge in [0.1, 0.15) is 0 Å². The van der Waals surface area contributed by atoms with Gasteiger partial charge in [-0.05, 0) is 98.2 Å². The zero-order valence-electron chi connectivity index (χ0n) is 31.2. The number of likely N-dealkylation sites (tertiary alicyclic amines) is 1. The average molecular weight is 759 g/mol. The van der Waals surface area contributed by atoms with Gasteiger partial charge in [0.05, 0.1) is 23.8 Å². The lowest BCUT2D eigenvalue weighted by atomic mass is 9.96. The summed E-state index contributed by atoms with van der Waals surface area (Å²) in [6.07, 6.45) is 2.62. The Balaban J connectivity index is 1.16. The van der Waals surface area contributed by atoms with Gasteiger partial charge in [0.2, 0.25) is 11.8 Å². The molecule has 3 aromatic rings. The number of hydrogen-bond donors (Lipinski definition) is 3. The largest absolute Gasteiger partial charge is 0.416 e.